The molecule has 2 fully saturated rings. The third-order valence-electron chi connectivity index (χ3n) is 4.08. The standard InChI is InChI=1S/C13H21N3O4S/c1-10-2-3-13(20-10)11-8-16(9-12(11)14)21(17,18)15-4-6-19-7-5-15/h2-3,11-12H,4-9,14H2,1H3. The summed E-state index contributed by atoms with van der Waals surface area (Å²) in [5.41, 5.74) is 6.13. The highest BCUT2D eigenvalue weighted by Crippen LogP contribution is 2.30. The van der Waals surface area contributed by atoms with Gasteiger partial charge in [0.1, 0.15) is 11.5 Å². The van der Waals surface area contributed by atoms with Gasteiger partial charge in [-0.05, 0) is 19.1 Å². The summed E-state index contributed by atoms with van der Waals surface area (Å²) < 4.78 is 39.0. The Bertz CT molecular complexity index is 594. The Kier molecular flexibility index (Phi) is 4.06. The maximum Gasteiger partial charge on any atom is 0.282 e. The SMILES string of the molecule is Cc1ccc(C2CN(S(=O)(=O)N3CCOCC3)CC2N)o1. The van der Waals surface area contributed by atoms with Crippen LogP contribution in [0.1, 0.15) is 17.4 Å². The van der Waals surface area contributed by atoms with Crippen molar-refractivity contribution in [3.8, 4) is 0 Å². The van der Waals surface area contributed by atoms with E-state index in [0.29, 0.717) is 39.4 Å². The van der Waals surface area contributed by atoms with E-state index in [1.165, 1.54) is 8.61 Å². The molecular formula is C13H21N3O4S. The Morgan fingerprint density at radius 3 is 2.52 bits per heavy atom. The number of morpholine rings is 1. The fourth-order valence-corrected chi connectivity index (χ4v) is 4.52. The van der Waals surface area contributed by atoms with Gasteiger partial charge >= 0.3 is 0 Å². The molecule has 2 saturated heterocycles. The largest absolute Gasteiger partial charge is 0.466 e. The number of ether oxygens (including phenoxy) is 1. The van der Waals surface area contributed by atoms with Gasteiger partial charge in [0.05, 0.1) is 13.2 Å². The van der Waals surface area contributed by atoms with Crippen LogP contribution in [-0.4, -0.2) is 62.5 Å². The summed E-state index contributed by atoms with van der Waals surface area (Å²) in [6.45, 7) is 4.25. The molecule has 2 aliphatic rings. The third kappa shape index (κ3) is 2.86. The first kappa shape index (κ1) is 15.0. The van der Waals surface area contributed by atoms with Crippen LogP contribution in [0.25, 0.3) is 0 Å². The maximum absolute atomic E-state index is 12.6. The van der Waals surface area contributed by atoms with Crippen molar-refractivity contribution in [3.63, 3.8) is 0 Å². The number of nitrogens with zero attached hydrogens (tertiary/aromatic N) is 2. The van der Waals surface area contributed by atoms with E-state index in [-0.39, 0.29) is 12.0 Å². The molecule has 1 aromatic heterocycles. The van der Waals surface area contributed by atoms with Crippen LogP contribution in [0.4, 0.5) is 0 Å². The first-order chi connectivity index (χ1) is 9.98. The van der Waals surface area contributed by atoms with Crippen LogP contribution in [0.15, 0.2) is 16.5 Å². The number of nitrogens with two attached hydrogens (primary N) is 1. The molecule has 0 saturated carbocycles. The van der Waals surface area contributed by atoms with Gasteiger partial charge in [0.15, 0.2) is 0 Å². The summed E-state index contributed by atoms with van der Waals surface area (Å²) in [5.74, 6) is 1.49. The molecule has 7 nitrogen and oxygen atoms in total. The number of rotatable bonds is 3. The summed E-state index contributed by atoms with van der Waals surface area (Å²) in [6.07, 6.45) is 0. The number of hydrogen-bond donors (Lipinski definition) is 1. The molecule has 1 aromatic rings. The van der Waals surface area contributed by atoms with Gasteiger partial charge in [-0.25, -0.2) is 0 Å². The average molecular weight is 315 g/mol. The van der Waals surface area contributed by atoms with E-state index >= 15 is 0 Å². The van der Waals surface area contributed by atoms with Crippen molar-refractivity contribution in [2.45, 2.75) is 18.9 Å². The van der Waals surface area contributed by atoms with Gasteiger partial charge in [0.25, 0.3) is 10.2 Å². The van der Waals surface area contributed by atoms with Crippen LogP contribution in [-0.2, 0) is 14.9 Å². The van der Waals surface area contributed by atoms with Gasteiger partial charge in [0.2, 0.25) is 0 Å². The Morgan fingerprint density at radius 2 is 1.90 bits per heavy atom. The van der Waals surface area contributed by atoms with Gasteiger partial charge in [-0.1, -0.05) is 0 Å². The molecule has 118 valence electrons. The highest BCUT2D eigenvalue weighted by Gasteiger charge is 2.41. The maximum atomic E-state index is 12.6. The number of hydrogen-bond acceptors (Lipinski definition) is 5. The molecule has 2 unspecified atom stereocenters. The fourth-order valence-electron chi connectivity index (χ4n) is 2.87. The molecule has 0 amide bonds. The van der Waals surface area contributed by atoms with Crippen molar-refractivity contribution in [1.82, 2.24) is 8.61 Å². The molecule has 3 heterocycles. The van der Waals surface area contributed by atoms with Crippen LogP contribution in [0.2, 0.25) is 0 Å². The van der Waals surface area contributed by atoms with Gasteiger partial charge in [-0.3, -0.25) is 0 Å². The van der Waals surface area contributed by atoms with Gasteiger partial charge in [-0.2, -0.15) is 17.0 Å². The van der Waals surface area contributed by atoms with Crippen LogP contribution in [0.5, 0.6) is 0 Å². The van der Waals surface area contributed by atoms with Crippen molar-refractivity contribution in [3.05, 3.63) is 23.7 Å². The molecule has 8 heteroatoms. The van der Waals surface area contributed by atoms with Crippen LogP contribution in [0.3, 0.4) is 0 Å². The van der Waals surface area contributed by atoms with E-state index in [1.807, 2.05) is 19.1 Å². The zero-order valence-corrected chi connectivity index (χ0v) is 12.9. The zero-order chi connectivity index (χ0) is 15.0. The van der Waals surface area contributed by atoms with Crippen molar-refractivity contribution in [1.29, 1.82) is 0 Å². The summed E-state index contributed by atoms with van der Waals surface area (Å²) in [7, 11) is -3.46. The Labute approximate surface area is 124 Å². The van der Waals surface area contributed by atoms with E-state index in [2.05, 4.69) is 0 Å². The average Bonchev–Trinajstić information content (AvgIpc) is 3.06. The monoisotopic (exact) mass is 315 g/mol. The van der Waals surface area contributed by atoms with Crippen molar-refractivity contribution in [2.24, 2.45) is 5.73 Å². The quantitative estimate of drug-likeness (QED) is 0.841. The molecule has 21 heavy (non-hydrogen) atoms. The predicted molar refractivity (Wildman–Crippen MR) is 77.0 cm³/mol. The Balaban J connectivity index is 1.75. The first-order valence-electron chi connectivity index (χ1n) is 7.13. The van der Waals surface area contributed by atoms with E-state index in [0.717, 1.165) is 11.5 Å². The minimum Gasteiger partial charge on any atom is -0.466 e. The first-order valence-corrected chi connectivity index (χ1v) is 8.53. The molecular weight excluding hydrogens is 294 g/mol. The zero-order valence-electron chi connectivity index (χ0n) is 12.1. The lowest BCUT2D eigenvalue weighted by Gasteiger charge is -2.30. The molecule has 3 rings (SSSR count). The Morgan fingerprint density at radius 1 is 1.19 bits per heavy atom. The van der Waals surface area contributed by atoms with Crippen LogP contribution in [0, 0.1) is 6.92 Å². The second kappa shape index (κ2) is 5.69. The lowest BCUT2D eigenvalue weighted by Crippen LogP contribution is -2.48. The Hall–Kier alpha value is -0.930. The normalized spacial score (nSPS) is 29.0. The lowest BCUT2D eigenvalue weighted by atomic mass is 10.0. The molecule has 2 aliphatic heterocycles. The lowest BCUT2D eigenvalue weighted by molar-refractivity contribution is 0.0705. The van der Waals surface area contributed by atoms with E-state index in [9.17, 15) is 8.42 Å². The molecule has 2 N–H and O–H groups in total. The molecule has 0 radical (unpaired) electrons. The molecule has 0 aliphatic carbocycles. The van der Waals surface area contributed by atoms with Crippen molar-refractivity contribution >= 4 is 10.2 Å². The number of aryl methyl sites for hydroxylation is 1. The smallest absolute Gasteiger partial charge is 0.282 e. The van der Waals surface area contributed by atoms with Gasteiger partial charge in [0, 0.05) is 38.1 Å². The van der Waals surface area contributed by atoms with Gasteiger partial charge < -0.3 is 14.9 Å². The van der Waals surface area contributed by atoms with Gasteiger partial charge in [-0.15, -0.1) is 0 Å². The van der Waals surface area contributed by atoms with E-state index < -0.39 is 10.2 Å². The molecule has 0 aromatic carbocycles. The molecule has 2 atom stereocenters. The molecule has 0 spiro atoms. The van der Waals surface area contributed by atoms with Crippen LogP contribution >= 0.6 is 0 Å². The van der Waals surface area contributed by atoms with Crippen LogP contribution < -0.4 is 5.73 Å². The fraction of sp³-hybridized carbons (Fsp3) is 0.692. The number of furan rings is 1. The highest BCUT2D eigenvalue weighted by molar-refractivity contribution is 7.86. The third-order valence-corrected chi connectivity index (χ3v) is 6.05. The summed E-state index contributed by atoms with van der Waals surface area (Å²) in [4.78, 5) is 0. The predicted octanol–water partition coefficient (Wildman–Crippen LogP) is -0.108. The minimum atomic E-state index is -3.46. The highest BCUT2D eigenvalue weighted by atomic mass is 32.2. The summed E-state index contributed by atoms with van der Waals surface area (Å²) in [5, 5.41) is 0. The van der Waals surface area contributed by atoms with E-state index in [4.69, 9.17) is 14.9 Å². The molecule has 0 bridgehead atoms. The van der Waals surface area contributed by atoms with Crippen molar-refractivity contribution in [2.75, 3.05) is 39.4 Å². The van der Waals surface area contributed by atoms with Crippen molar-refractivity contribution < 1.29 is 17.6 Å². The summed E-state index contributed by atoms with van der Waals surface area (Å²) in [6, 6.07) is 3.51. The second-order valence-corrected chi connectivity index (χ2v) is 7.48. The second-order valence-electron chi connectivity index (χ2n) is 5.55. The summed E-state index contributed by atoms with van der Waals surface area (Å²) >= 11 is 0. The topological polar surface area (TPSA) is 89.0 Å². The van der Waals surface area contributed by atoms with E-state index in [1.54, 1.807) is 0 Å². The minimum absolute atomic E-state index is 0.0884.